The van der Waals surface area contributed by atoms with E-state index in [0.717, 1.165) is 18.5 Å². The average molecular weight is 193 g/mol. The zero-order chi connectivity index (χ0) is 10.8. The van der Waals surface area contributed by atoms with Crippen molar-refractivity contribution in [3.05, 3.63) is 33.7 Å². The predicted octanol–water partition coefficient (Wildman–Crippen LogP) is 2.62. The number of pyridine rings is 1. The lowest BCUT2D eigenvalue weighted by Crippen LogP contribution is -2.21. The standard InChI is InChI=1S/C12H19NO/c1-5-10-9(12(3,4)6-2)7-8-11(14)13-10/h7-8H,5-6H2,1-4H3,(H,13,14). The second kappa shape index (κ2) is 3.99. The van der Waals surface area contributed by atoms with Crippen LogP contribution in [0.2, 0.25) is 0 Å². The molecule has 1 aromatic rings. The van der Waals surface area contributed by atoms with Gasteiger partial charge in [0.25, 0.3) is 0 Å². The Morgan fingerprint density at radius 1 is 1.29 bits per heavy atom. The first kappa shape index (κ1) is 11.0. The third-order valence-corrected chi connectivity index (χ3v) is 2.97. The van der Waals surface area contributed by atoms with E-state index in [2.05, 4.69) is 32.7 Å². The topological polar surface area (TPSA) is 32.9 Å². The highest BCUT2D eigenvalue weighted by Gasteiger charge is 2.20. The maximum Gasteiger partial charge on any atom is 0.248 e. The first-order valence-corrected chi connectivity index (χ1v) is 5.24. The van der Waals surface area contributed by atoms with Crippen LogP contribution in [-0.2, 0) is 11.8 Å². The van der Waals surface area contributed by atoms with Gasteiger partial charge in [-0.25, -0.2) is 0 Å². The second-order valence-corrected chi connectivity index (χ2v) is 4.31. The molecule has 0 fully saturated rings. The summed E-state index contributed by atoms with van der Waals surface area (Å²) < 4.78 is 0. The van der Waals surface area contributed by atoms with Gasteiger partial charge < -0.3 is 4.98 Å². The molecular weight excluding hydrogens is 174 g/mol. The van der Waals surface area contributed by atoms with Crippen LogP contribution in [0.5, 0.6) is 0 Å². The number of aromatic nitrogens is 1. The fourth-order valence-electron chi connectivity index (χ4n) is 1.62. The number of hydrogen-bond acceptors (Lipinski definition) is 1. The van der Waals surface area contributed by atoms with Crippen LogP contribution in [0.4, 0.5) is 0 Å². The maximum atomic E-state index is 11.2. The third-order valence-electron chi connectivity index (χ3n) is 2.97. The number of H-pyrrole nitrogens is 1. The number of rotatable bonds is 3. The number of aryl methyl sites for hydroxylation is 1. The molecule has 0 bridgehead atoms. The summed E-state index contributed by atoms with van der Waals surface area (Å²) in [6.07, 6.45) is 1.96. The van der Waals surface area contributed by atoms with Crippen molar-refractivity contribution in [3.63, 3.8) is 0 Å². The lowest BCUT2D eigenvalue weighted by Gasteiger charge is -2.25. The van der Waals surface area contributed by atoms with Crippen LogP contribution in [0.3, 0.4) is 0 Å². The Labute approximate surface area is 85.4 Å². The van der Waals surface area contributed by atoms with E-state index in [0.29, 0.717) is 0 Å². The summed E-state index contributed by atoms with van der Waals surface area (Å²) >= 11 is 0. The molecule has 0 aliphatic heterocycles. The minimum Gasteiger partial charge on any atom is -0.326 e. The number of nitrogens with one attached hydrogen (secondary N) is 1. The van der Waals surface area contributed by atoms with Crippen LogP contribution < -0.4 is 5.56 Å². The molecule has 1 N–H and O–H groups in total. The normalized spacial score (nSPS) is 11.7. The summed E-state index contributed by atoms with van der Waals surface area (Å²) in [5.74, 6) is 0. The molecule has 0 spiro atoms. The number of aromatic amines is 1. The van der Waals surface area contributed by atoms with Crippen molar-refractivity contribution >= 4 is 0 Å². The molecule has 0 amide bonds. The molecule has 78 valence electrons. The van der Waals surface area contributed by atoms with Crippen molar-refractivity contribution < 1.29 is 0 Å². The Morgan fingerprint density at radius 3 is 2.43 bits per heavy atom. The largest absolute Gasteiger partial charge is 0.326 e. The first-order valence-electron chi connectivity index (χ1n) is 5.24. The maximum absolute atomic E-state index is 11.2. The molecule has 0 atom stereocenters. The Morgan fingerprint density at radius 2 is 1.93 bits per heavy atom. The van der Waals surface area contributed by atoms with Crippen LogP contribution in [0.15, 0.2) is 16.9 Å². The molecular formula is C12H19NO. The van der Waals surface area contributed by atoms with E-state index in [1.807, 2.05) is 6.07 Å². The molecule has 2 nitrogen and oxygen atoms in total. The van der Waals surface area contributed by atoms with Gasteiger partial charge in [-0.05, 0) is 23.8 Å². The molecule has 0 radical (unpaired) electrons. The van der Waals surface area contributed by atoms with E-state index < -0.39 is 0 Å². The van der Waals surface area contributed by atoms with Crippen LogP contribution in [0, 0.1) is 0 Å². The molecule has 0 aliphatic carbocycles. The lowest BCUT2D eigenvalue weighted by atomic mass is 9.81. The highest BCUT2D eigenvalue weighted by Crippen LogP contribution is 2.28. The highest BCUT2D eigenvalue weighted by molar-refractivity contribution is 5.27. The van der Waals surface area contributed by atoms with E-state index in [-0.39, 0.29) is 11.0 Å². The molecule has 0 aromatic carbocycles. The quantitative estimate of drug-likeness (QED) is 0.786. The summed E-state index contributed by atoms with van der Waals surface area (Å²) in [5.41, 5.74) is 2.49. The van der Waals surface area contributed by atoms with Gasteiger partial charge in [0, 0.05) is 11.8 Å². The number of hydrogen-bond donors (Lipinski definition) is 1. The van der Waals surface area contributed by atoms with Crippen molar-refractivity contribution in [1.29, 1.82) is 0 Å². The Kier molecular flexibility index (Phi) is 3.14. The van der Waals surface area contributed by atoms with Crippen molar-refractivity contribution in [2.24, 2.45) is 0 Å². The zero-order valence-electron chi connectivity index (χ0n) is 9.48. The van der Waals surface area contributed by atoms with E-state index in [1.54, 1.807) is 6.07 Å². The van der Waals surface area contributed by atoms with Gasteiger partial charge in [0.15, 0.2) is 0 Å². The van der Waals surface area contributed by atoms with Gasteiger partial charge >= 0.3 is 0 Å². The van der Waals surface area contributed by atoms with E-state index in [1.165, 1.54) is 5.56 Å². The summed E-state index contributed by atoms with van der Waals surface area (Å²) in [5, 5.41) is 0. The summed E-state index contributed by atoms with van der Waals surface area (Å²) in [6, 6.07) is 3.58. The van der Waals surface area contributed by atoms with Crippen LogP contribution in [-0.4, -0.2) is 4.98 Å². The third kappa shape index (κ3) is 2.06. The van der Waals surface area contributed by atoms with Gasteiger partial charge in [-0.3, -0.25) is 4.79 Å². The van der Waals surface area contributed by atoms with Crippen molar-refractivity contribution in [1.82, 2.24) is 4.98 Å². The van der Waals surface area contributed by atoms with E-state index in [9.17, 15) is 4.79 Å². The van der Waals surface area contributed by atoms with Crippen LogP contribution in [0.25, 0.3) is 0 Å². The summed E-state index contributed by atoms with van der Waals surface area (Å²) in [7, 11) is 0. The molecule has 0 saturated heterocycles. The van der Waals surface area contributed by atoms with Crippen molar-refractivity contribution in [2.75, 3.05) is 0 Å². The van der Waals surface area contributed by atoms with Crippen molar-refractivity contribution in [3.8, 4) is 0 Å². The molecule has 0 unspecified atom stereocenters. The molecule has 2 heteroatoms. The molecule has 1 rings (SSSR count). The summed E-state index contributed by atoms with van der Waals surface area (Å²) in [4.78, 5) is 14.1. The van der Waals surface area contributed by atoms with Crippen LogP contribution in [0.1, 0.15) is 45.4 Å². The first-order chi connectivity index (χ1) is 6.51. The van der Waals surface area contributed by atoms with E-state index in [4.69, 9.17) is 0 Å². The monoisotopic (exact) mass is 193 g/mol. The SMILES string of the molecule is CCc1[nH]c(=O)ccc1C(C)(C)CC. The summed E-state index contributed by atoms with van der Waals surface area (Å²) in [6.45, 7) is 8.66. The fourth-order valence-corrected chi connectivity index (χ4v) is 1.62. The predicted molar refractivity (Wildman–Crippen MR) is 59.8 cm³/mol. The molecule has 0 aliphatic rings. The van der Waals surface area contributed by atoms with E-state index >= 15 is 0 Å². The van der Waals surface area contributed by atoms with Gasteiger partial charge in [0.2, 0.25) is 5.56 Å². The molecule has 1 heterocycles. The second-order valence-electron chi connectivity index (χ2n) is 4.31. The van der Waals surface area contributed by atoms with Crippen LogP contribution >= 0.6 is 0 Å². The molecule has 1 aromatic heterocycles. The fraction of sp³-hybridized carbons (Fsp3) is 0.583. The van der Waals surface area contributed by atoms with Gasteiger partial charge in [-0.15, -0.1) is 0 Å². The van der Waals surface area contributed by atoms with Crippen molar-refractivity contribution in [2.45, 2.75) is 46.0 Å². The van der Waals surface area contributed by atoms with Gasteiger partial charge in [0.1, 0.15) is 0 Å². The van der Waals surface area contributed by atoms with Gasteiger partial charge in [-0.2, -0.15) is 0 Å². The Hall–Kier alpha value is -1.05. The highest BCUT2D eigenvalue weighted by atomic mass is 16.1. The van der Waals surface area contributed by atoms with Gasteiger partial charge in [-0.1, -0.05) is 33.8 Å². The smallest absolute Gasteiger partial charge is 0.248 e. The Balaban J connectivity index is 3.27. The lowest BCUT2D eigenvalue weighted by molar-refractivity contribution is 0.498. The molecule has 14 heavy (non-hydrogen) atoms. The van der Waals surface area contributed by atoms with Gasteiger partial charge in [0.05, 0.1) is 0 Å². The minimum absolute atomic E-state index is 0.00231. The Bertz CT molecular complexity index is 363. The minimum atomic E-state index is -0.00231. The molecule has 0 saturated carbocycles. The zero-order valence-corrected chi connectivity index (χ0v) is 9.48. The average Bonchev–Trinajstić information content (AvgIpc) is 2.17.